The largest absolute Gasteiger partial charge is 0.494 e. The first-order valence-corrected chi connectivity index (χ1v) is 8.76. The van der Waals surface area contributed by atoms with E-state index >= 15 is 0 Å². The fourth-order valence-electron chi connectivity index (χ4n) is 2.24. The Kier molecular flexibility index (Phi) is 5.98. The molecule has 0 radical (unpaired) electrons. The molecule has 21 heavy (non-hydrogen) atoms. The van der Waals surface area contributed by atoms with Gasteiger partial charge in [-0.05, 0) is 31.2 Å². The van der Waals surface area contributed by atoms with Crippen LogP contribution in [-0.4, -0.2) is 59.2 Å². The quantitative estimate of drug-likeness (QED) is 0.756. The molecule has 0 aliphatic carbocycles. The van der Waals surface area contributed by atoms with E-state index in [0.717, 1.165) is 32.7 Å². The van der Waals surface area contributed by atoms with Crippen LogP contribution in [0.2, 0.25) is 0 Å². The van der Waals surface area contributed by atoms with Crippen LogP contribution in [0, 0.1) is 0 Å². The van der Waals surface area contributed by atoms with E-state index in [1.807, 2.05) is 6.92 Å². The van der Waals surface area contributed by atoms with Crippen LogP contribution in [0.1, 0.15) is 6.92 Å². The third-order valence-electron chi connectivity index (χ3n) is 3.37. The molecule has 2 rings (SSSR count). The highest BCUT2D eigenvalue weighted by Crippen LogP contribution is 2.15. The molecule has 1 aromatic rings. The zero-order chi connectivity index (χ0) is 15.1. The minimum Gasteiger partial charge on any atom is -0.494 e. The van der Waals surface area contributed by atoms with Crippen molar-refractivity contribution in [3.8, 4) is 5.75 Å². The van der Waals surface area contributed by atoms with Gasteiger partial charge in [0.15, 0.2) is 0 Å². The Morgan fingerprint density at radius 1 is 1.24 bits per heavy atom. The van der Waals surface area contributed by atoms with Crippen LogP contribution >= 0.6 is 0 Å². The lowest BCUT2D eigenvalue weighted by Crippen LogP contribution is -2.46. The fourth-order valence-corrected chi connectivity index (χ4v) is 3.26. The van der Waals surface area contributed by atoms with Crippen molar-refractivity contribution in [3.63, 3.8) is 0 Å². The molecule has 6 nitrogen and oxygen atoms in total. The van der Waals surface area contributed by atoms with E-state index < -0.39 is 10.0 Å². The lowest BCUT2D eigenvalue weighted by molar-refractivity contribution is 0.245. The van der Waals surface area contributed by atoms with E-state index in [4.69, 9.17) is 4.74 Å². The number of piperazine rings is 1. The van der Waals surface area contributed by atoms with Crippen molar-refractivity contribution in [2.45, 2.75) is 11.8 Å². The van der Waals surface area contributed by atoms with Crippen molar-refractivity contribution in [1.82, 2.24) is 14.9 Å². The molecule has 1 saturated heterocycles. The number of ether oxygens (including phenoxy) is 1. The molecule has 1 fully saturated rings. The summed E-state index contributed by atoms with van der Waals surface area (Å²) in [6.45, 7) is 7.47. The van der Waals surface area contributed by atoms with E-state index in [-0.39, 0.29) is 4.90 Å². The molecule has 0 spiro atoms. The molecular formula is C14H23N3O3S. The first kappa shape index (κ1) is 16.2. The topological polar surface area (TPSA) is 70.7 Å². The lowest BCUT2D eigenvalue weighted by atomic mass is 10.3. The monoisotopic (exact) mass is 313 g/mol. The fraction of sp³-hybridized carbons (Fsp3) is 0.571. The van der Waals surface area contributed by atoms with Gasteiger partial charge in [0.25, 0.3) is 0 Å². The molecule has 0 aromatic heterocycles. The summed E-state index contributed by atoms with van der Waals surface area (Å²) in [6.07, 6.45) is 0. The van der Waals surface area contributed by atoms with Crippen LogP contribution in [0.15, 0.2) is 29.2 Å². The number of rotatable bonds is 7. The van der Waals surface area contributed by atoms with Gasteiger partial charge in [-0.2, -0.15) is 0 Å². The molecule has 0 bridgehead atoms. The Labute approximate surface area is 126 Å². The smallest absolute Gasteiger partial charge is 0.240 e. The molecule has 7 heteroatoms. The van der Waals surface area contributed by atoms with Crippen LogP contribution < -0.4 is 14.8 Å². The molecule has 118 valence electrons. The van der Waals surface area contributed by atoms with Crippen LogP contribution in [0.5, 0.6) is 5.75 Å². The molecular weight excluding hydrogens is 290 g/mol. The number of nitrogens with zero attached hydrogens (tertiary/aromatic N) is 1. The molecule has 1 aliphatic rings. The van der Waals surface area contributed by atoms with Gasteiger partial charge in [-0.3, -0.25) is 4.90 Å². The van der Waals surface area contributed by atoms with Crippen LogP contribution in [0.25, 0.3) is 0 Å². The first-order valence-electron chi connectivity index (χ1n) is 7.27. The second kappa shape index (κ2) is 7.74. The Morgan fingerprint density at radius 2 is 1.90 bits per heavy atom. The number of nitrogens with one attached hydrogen (secondary N) is 2. The number of sulfonamides is 1. The average molecular weight is 313 g/mol. The normalized spacial score (nSPS) is 16.8. The second-order valence-electron chi connectivity index (χ2n) is 4.89. The van der Waals surface area contributed by atoms with Crippen LogP contribution in [0.3, 0.4) is 0 Å². The molecule has 0 atom stereocenters. The maximum absolute atomic E-state index is 12.2. The third kappa shape index (κ3) is 4.96. The molecule has 0 saturated carbocycles. The van der Waals surface area contributed by atoms with Crippen molar-refractivity contribution < 1.29 is 13.2 Å². The molecule has 2 N–H and O–H groups in total. The van der Waals surface area contributed by atoms with Crippen molar-refractivity contribution in [2.24, 2.45) is 0 Å². The number of benzene rings is 1. The molecule has 0 unspecified atom stereocenters. The van der Waals surface area contributed by atoms with E-state index in [0.29, 0.717) is 18.9 Å². The summed E-state index contributed by atoms with van der Waals surface area (Å²) in [6, 6.07) is 6.49. The highest BCUT2D eigenvalue weighted by molar-refractivity contribution is 7.89. The van der Waals surface area contributed by atoms with Crippen molar-refractivity contribution in [3.05, 3.63) is 24.3 Å². The summed E-state index contributed by atoms with van der Waals surface area (Å²) in [5.74, 6) is 0.678. The zero-order valence-corrected chi connectivity index (χ0v) is 13.2. The summed E-state index contributed by atoms with van der Waals surface area (Å²) < 4.78 is 32.3. The van der Waals surface area contributed by atoms with Gasteiger partial charge >= 0.3 is 0 Å². The van der Waals surface area contributed by atoms with Crippen LogP contribution in [0.4, 0.5) is 0 Å². The predicted molar refractivity (Wildman–Crippen MR) is 82.1 cm³/mol. The van der Waals surface area contributed by atoms with Crippen molar-refractivity contribution in [1.29, 1.82) is 0 Å². The Balaban J connectivity index is 1.85. The molecule has 1 aliphatic heterocycles. The summed E-state index contributed by atoms with van der Waals surface area (Å²) in [4.78, 5) is 2.52. The highest BCUT2D eigenvalue weighted by atomic mass is 32.2. The van der Waals surface area contributed by atoms with Gasteiger partial charge in [0, 0.05) is 39.3 Å². The van der Waals surface area contributed by atoms with Gasteiger partial charge in [-0.1, -0.05) is 0 Å². The third-order valence-corrected chi connectivity index (χ3v) is 4.85. The van der Waals surface area contributed by atoms with E-state index in [1.54, 1.807) is 24.3 Å². The summed E-state index contributed by atoms with van der Waals surface area (Å²) in [5.41, 5.74) is 0. The predicted octanol–water partition coefficient (Wildman–Crippen LogP) is 0.269. The molecule has 1 heterocycles. The summed E-state index contributed by atoms with van der Waals surface area (Å²) >= 11 is 0. The van der Waals surface area contributed by atoms with Gasteiger partial charge in [-0.15, -0.1) is 0 Å². The minimum atomic E-state index is -3.44. The van der Waals surface area contributed by atoms with Gasteiger partial charge in [-0.25, -0.2) is 13.1 Å². The summed E-state index contributed by atoms with van der Waals surface area (Å²) in [7, 11) is -3.44. The van der Waals surface area contributed by atoms with Crippen LogP contribution in [-0.2, 0) is 10.0 Å². The SMILES string of the molecule is CCOc1ccc(S(=O)(=O)NCCN2CCNCC2)cc1. The van der Waals surface area contributed by atoms with Crippen molar-refractivity contribution in [2.75, 3.05) is 45.9 Å². The van der Waals surface area contributed by atoms with Gasteiger partial charge in [0.05, 0.1) is 11.5 Å². The minimum absolute atomic E-state index is 0.270. The lowest BCUT2D eigenvalue weighted by Gasteiger charge is -2.27. The van der Waals surface area contributed by atoms with Gasteiger partial charge in [0.2, 0.25) is 10.0 Å². The Morgan fingerprint density at radius 3 is 2.52 bits per heavy atom. The standard InChI is InChI=1S/C14H23N3O3S/c1-2-20-13-3-5-14(6-4-13)21(18,19)16-9-12-17-10-7-15-8-11-17/h3-6,15-16H,2,7-12H2,1H3. The van der Waals surface area contributed by atoms with Gasteiger partial charge < -0.3 is 10.1 Å². The Bertz CT molecular complexity index is 525. The van der Waals surface area contributed by atoms with E-state index in [1.165, 1.54) is 0 Å². The number of hydrogen-bond acceptors (Lipinski definition) is 5. The van der Waals surface area contributed by atoms with Gasteiger partial charge in [0.1, 0.15) is 5.75 Å². The van der Waals surface area contributed by atoms with E-state index in [9.17, 15) is 8.42 Å². The maximum atomic E-state index is 12.2. The number of hydrogen-bond donors (Lipinski definition) is 2. The van der Waals surface area contributed by atoms with E-state index in [2.05, 4.69) is 14.9 Å². The molecule has 0 amide bonds. The Hall–Kier alpha value is -1.15. The highest BCUT2D eigenvalue weighted by Gasteiger charge is 2.15. The second-order valence-corrected chi connectivity index (χ2v) is 6.66. The molecule has 1 aromatic carbocycles. The average Bonchev–Trinajstić information content (AvgIpc) is 2.49. The van der Waals surface area contributed by atoms with Crippen molar-refractivity contribution >= 4 is 10.0 Å². The summed E-state index contributed by atoms with van der Waals surface area (Å²) in [5, 5.41) is 3.27. The first-order chi connectivity index (χ1) is 10.1. The zero-order valence-electron chi connectivity index (χ0n) is 12.3. The maximum Gasteiger partial charge on any atom is 0.240 e.